The molecule has 0 N–H and O–H groups in total. The van der Waals surface area contributed by atoms with Gasteiger partial charge in [0.25, 0.3) is 0 Å². The molecule has 0 radical (unpaired) electrons. The third kappa shape index (κ3) is 5.73. The smallest absolute Gasteiger partial charge is 0.177 e. The molecule has 6 heteroatoms. The lowest BCUT2D eigenvalue weighted by Gasteiger charge is -2.36. The van der Waals surface area contributed by atoms with E-state index in [0.717, 1.165) is 51.2 Å². The largest absolute Gasteiger partial charge is 0.455 e. The standard InChI is InChI=1S/C53H41NO3SSi/c1-53(2)40-16-5-9-23-47(40)58-52-39(15-11-17-41(52)53)35-28-32-37(33-29-35)54(42-18-13-25-49-51(42)57-45-21-8-10-24-48(45)59(49,3)4)36-30-26-34(27-31-36)38-14-12-22-46-50(38)56-44-20-7-6-19-43(44)55-46/h5-33H,1-4H3. The monoisotopic (exact) mass is 799 g/mol. The Kier molecular flexibility index (Phi) is 8.19. The molecular formula is C53H41NO3SSi. The molecule has 11 rings (SSSR count). The van der Waals surface area contributed by atoms with Crippen LogP contribution in [-0.4, -0.2) is 8.07 Å². The van der Waals surface area contributed by atoms with Crippen LogP contribution < -0.4 is 29.5 Å². The molecule has 0 atom stereocenters. The molecule has 0 spiro atoms. The second-order valence-corrected chi connectivity index (χ2v) is 21.9. The number of nitrogens with zero attached hydrogens (tertiary/aromatic N) is 1. The first kappa shape index (κ1) is 35.7. The lowest BCUT2D eigenvalue weighted by molar-refractivity contribution is 0.361. The van der Waals surface area contributed by atoms with Gasteiger partial charge in [-0.2, -0.15) is 0 Å². The van der Waals surface area contributed by atoms with E-state index < -0.39 is 8.07 Å². The highest BCUT2D eigenvalue weighted by molar-refractivity contribution is 7.99. The van der Waals surface area contributed by atoms with Gasteiger partial charge in [0.1, 0.15) is 13.8 Å². The first-order chi connectivity index (χ1) is 28.8. The summed E-state index contributed by atoms with van der Waals surface area (Å²) in [6, 6.07) is 62.5. The zero-order valence-corrected chi connectivity index (χ0v) is 35.1. The zero-order valence-electron chi connectivity index (χ0n) is 33.3. The molecule has 0 aliphatic carbocycles. The maximum atomic E-state index is 6.92. The maximum Gasteiger partial charge on any atom is 0.177 e. The Bertz CT molecular complexity index is 2960. The number of ether oxygens (including phenoxy) is 3. The highest BCUT2D eigenvalue weighted by atomic mass is 32.2. The number of anilines is 3. The predicted molar refractivity (Wildman–Crippen MR) is 245 cm³/mol. The predicted octanol–water partition coefficient (Wildman–Crippen LogP) is 14.1. The van der Waals surface area contributed by atoms with Crippen molar-refractivity contribution in [2.75, 3.05) is 4.90 Å². The van der Waals surface area contributed by atoms with Gasteiger partial charge in [-0.1, -0.05) is 154 Å². The normalized spacial score (nSPS) is 14.7. The van der Waals surface area contributed by atoms with Crippen molar-refractivity contribution in [3.05, 3.63) is 187 Å². The van der Waals surface area contributed by atoms with E-state index in [1.807, 2.05) is 48.2 Å². The summed E-state index contributed by atoms with van der Waals surface area (Å²) in [5.41, 5.74) is 10.2. The van der Waals surface area contributed by atoms with Crippen LogP contribution in [0.25, 0.3) is 22.3 Å². The molecule has 286 valence electrons. The number of hydrogen-bond donors (Lipinski definition) is 0. The summed E-state index contributed by atoms with van der Waals surface area (Å²) in [7, 11) is -2.09. The summed E-state index contributed by atoms with van der Waals surface area (Å²) in [6.07, 6.45) is 0. The Hall–Kier alpha value is -6.47. The maximum absolute atomic E-state index is 6.92. The summed E-state index contributed by atoms with van der Waals surface area (Å²) < 4.78 is 19.6. The summed E-state index contributed by atoms with van der Waals surface area (Å²) in [6.45, 7) is 9.54. The molecule has 0 saturated heterocycles. The average Bonchev–Trinajstić information content (AvgIpc) is 3.26. The molecule has 0 unspecified atom stereocenters. The van der Waals surface area contributed by atoms with Crippen molar-refractivity contribution in [1.29, 1.82) is 0 Å². The van der Waals surface area contributed by atoms with E-state index in [0.29, 0.717) is 11.5 Å². The molecule has 0 bridgehead atoms. The Morgan fingerprint density at radius 2 is 1.00 bits per heavy atom. The highest BCUT2D eigenvalue weighted by Crippen LogP contribution is 2.53. The summed E-state index contributed by atoms with van der Waals surface area (Å²) >= 11 is 1.88. The average molecular weight is 800 g/mol. The Labute approximate surface area is 350 Å². The first-order valence-corrected chi connectivity index (χ1v) is 24.0. The third-order valence-corrected chi connectivity index (χ3v) is 17.0. The molecule has 4 nitrogen and oxygen atoms in total. The van der Waals surface area contributed by atoms with Crippen LogP contribution in [0.15, 0.2) is 186 Å². The van der Waals surface area contributed by atoms with Crippen molar-refractivity contribution in [2.24, 2.45) is 0 Å². The van der Waals surface area contributed by atoms with E-state index in [9.17, 15) is 0 Å². The van der Waals surface area contributed by atoms with Gasteiger partial charge in [-0.3, -0.25) is 0 Å². The first-order valence-electron chi connectivity index (χ1n) is 20.2. The van der Waals surface area contributed by atoms with E-state index in [-0.39, 0.29) is 5.41 Å². The second-order valence-electron chi connectivity index (χ2n) is 16.5. The van der Waals surface area contributed by atoms with Crippen LogP contribution in [-0.2, 0) is 5.41 Å². The van der Waals surface area contributed by atoms with E-state index in [1.54, 1.807) is 0 Å². The van der Waals surface area contributed by atoms with Crippen molar-refractivity contribution in [2.45, 2.75) is 42.1 Å². The van der Waals surface area contributed by atoms with Gasteiger partial charge in [0.15, 0.2) is 28.7 Å². The molecule has 0 aromatic heterocycles. The van der Waals surface area contributed by atoms with E-state index in [1.165, 1.54) is 42.4 Å². The summed E-state index contributed by atoms with van der Waals surface area (Å²) in [4.78, 5) is 5.00. The van der Waals surface area contributed by atoms with Crippen LogP contribution in [0, 0.1) is 0 Å². The molecule has 0 amide bonds. The summed E-state index contributed by atoms with van der Waals surface area (Å²) in [5, 5.41) is 2.61. The zero-order chi connectivity index (χ0) is 39.9. The minimum Gasteiger partial charge on any atom is -0.455 e. The van der Waals surface area contributed by atoms with E-state index >= 15 is 0 Å². The van der Waals surface area contributed by atoms with Crippen molar-refractivity contribution >= 4 is 47.3 Å². The number of rotatable bonds is 5. The van der Waals surface area contributed by atoms with Gasteiger partial charge in [-0.05, 0) is 98.9 Å². The fourth-order valence-electron chi connectivity index (χ4n) is 9.10. The Balaban J connectivity index is 1.02. The number of fused-ring (bicyclic) bond motifs is 6. The van der Waals surface area contributed by atoms with Crippen molar-refractivity contribution in [1.82, 2.24) is 0 Å². The fourth-order valence-corrected chi connectivity index (χ4v) is 13.4. The van der Waals surface area contributed by atoms with Crippen LogP contribution in [0.3, 0.4) is 0 Å². The molecule has 8 aromatic carbocycles. The van der Waals surface area contributed by atoms with Gasteiger partial charge in [0, 0.05) is 32.1 Å². The topological polar surface area (TPSA) is 30.9 Å². The Morgan fingerprint density at radius 1 is 0.458 bits per heavy atom. The van der Waals surface area contributed by atoms with Crippen LogP contribution >= 0.6 is 11.8 Å². The molecule has 3 heterocycles. The quantitative estimate of drug-likeness (QED) is 0.162. The van der Waals surface area contributed by atoms with Gasteiger partial charge in [-0.15, -0.1) is 0 Å². The molecular weight excluding hydrogens is 759 g/mol. The molecule has 0 fully saturated rings. The SMILES string of the molecule is CC1(C)c2ccccc2Sc2c(-c3ccc(N(c4ccc(-c5cccc6c5Oc5ccccc5O6)cc4)c4cccc5c4Oc4ccccc4[Si]5(C)C)cc3)cccc21. The molecule has 59 heavy (non-hydrogen) atoms. The lowest BCUT2D eigenvalue weighted by atomic mass is 9.77. The van der Waals surface area contributed by atoms with Gasteiger partial charge in [0.05, 0.1) is 5.69 Å². The summed E-state index contributed by atoms with van der Waals surface area (Å²) in [5.74, 6) is 4.73. The van der Waals surface area contributed by atoms with E-state index in [4.69, 9.17) is 14.2 Å². The highest BCUT2D eigenvalue weighted by Gasteiger charge is 2.39. The van der Waals surface area contributed by atoms with E-state index in [2.05, 4.69) is 171 Å². The van der Waals surface area contributed by atoms with Crippen molar-refractivity contribution in [3.8, 4) is 56.8 Å². The van der Waals surface area contributed by atoms with Crippen molar-refractivity contribution in [3.63, 3.8) is 0 Å². The lowest BCUT2D eigenvalue weighted by Crippen LogP contribution is -2.56. The van der Waals surface area contributed by atoms with Crippen LogP contribution in [0.4, 0.5) is 17.1 Å². The molecule has 8 aromatic rings. The van der Waals surface area contributed by atoms with Crippen molar-refractivity contribution < 1.29 is 14.2 Å². The van der Waals surface area contributed by atoms with Crippen LogP contribution in [0.5, 0.6) is 34.5 Å². The van der Waals surface area contributed by atoms with Gasteiger partial charge >= 0.3 is 0 Å². The fraction of sp³-hybridized carbons (Fsp3) is 0.0943. The minimum atomic E-state index is -2.09. The second kappa shape index (κ2) is 13.6. The number of benzene rings is 8. The van der Waals surface area contributed by atoms with Gasteiger partial charge in [-0.25, -0.2) is 0 Å². The molecule has 3 aliphatic rings. The van der Waals surface area contributed by atoms with Crippen LogP contribution in [0.2, 0.25) is 13.1 Å². The minimum absolute atomic E-state index is 0.0963. The number of para-hydroxylation sites is 5. The molecule has 3 aliphatic heterocycles. The van der Waals surface area contributed by atoms with Gasteiger partial charge < -0.3 is 19.1 Å². The van der Waals surface area contributed by atoms with Gasteiger partial charge in [0.2, 0.25) is 0 Å². The molecule has 0 saturated carbocycles. The number of hydrogen-bond acceptors (Lipinski definition) is 5. The van der Waals surface area contributed by atoms with Crippen LogP contribution in [0.1, 0.15) is 25.0 Å². The Morgan fingerprint density at radius 3 is 1.76 bits per heavy atom. The third-order valence-electron chi connectivity index (χ3n) is 12.3.